The molecule has 0 saturated heterocycles. The van der Waals surface area contributed by atoms with Crippen molar-refractivity contribution in [3.8, 4) is 11.3 Å². The van der Waals surface area contributed by atoms with Gasteiger partial charge >= 0.3 is 0 Å². The van der Waals surface area contributed by atoms with Crippen LogP contribution in [0.25, 0.3) is 11.3 Å². The molecule has 4 heterocycles. The van der Waals surface area contributed by atoms with Crippen molar-refractivity contribution in [3.05, 3.63) is 90.1 Å². The monoisotopic (exact) mass is 503 g/mol. The molecular formula is C30H29N7O. The number of fused-ring (bicyclic) bond motifs is 5. The fourth-order valence-corrected chi connectivity index (χ4v) is 5.90. The number of nitrogens with one attached hydrogen (secondary N) is 1. The van der Waals surface area contributed by atoms with Gasteiger partial charge in [0.1, 0.15) is 11.4 Å². The molecule has 7 rings (SSSR count). The topological polar surface area (TPSA) is 78.7 Å². The molecule has 2 aliphatic heterocycles. The number of hydrogen-bond acceptors (Lipinski definition) is 6. The Morgan fingerprint density at radius 2 is 1.74 bits per heavy atom. The summed E-state index contributed by atoms with van der Waals surface area (Å²) in [7, 11) is 1.83. The number of aromatic nitrogens is 3. The summed E-state index contributed by atoms with van der Waals surface area (Å²) >= 11 is 0. The third kappa shape index (κ3) is 3.75. The molecule has 0 unspecified atom stereocenters. The maximum Gasteiger partial charge on any atom is 0.267 e. The number of carbonyl (C=O) groups excluding carboxylic acids is 1. The zero-order valence-corrected chi connectivity index (χ0v) is 21.3. The second-order valence-corrected chi connectivity index (χ2v) is 10.2. The number of benzene rings is 2. The van der Waals surface area contributed by atoms with E-state index in [-0.39, 0.29) is 18.0 Å². The molecule has 8 nitrogen and oxygen atoms in total. The van der Waals surface area contributed by atoms with Gasteiger partial charge in [-0.1, -0.05) is 61.4 Å². The molecule has 38 heavy (non-hydrogen) atoms. The molecule has 2 aromatic heterocycles. The number of para-hydroxylation sites is 1. The fourth-order valence-electron chi connectivity index (χ4n) is 5.90. The highest BCUT2D eigenvalue weighted by Crippen LogP contribution is 2.42. The van der Waals surface area contributed by atoms with Crippen molar-refractivity contribution < 1.29 is 4.79 Å². The highest BCUT2D eigenvalue weighted by molar-refractivity contribution is 6.21. The van der Waals surface area contributed by atoms with Crippen LogP contribution < -0.4 is 10.2 Å². The lowest BCUT2D eigenvalue weighted by Gasteiger charge is -2.38. The lowest BCUT2D eigenvalue weighted by Crippen LogP contribution is -2.53. The van der Waals surface area contributed by atoms with Gasteiger partial charge in [-0.3, -0.25) is 19.6 Å². The highest BCUT2D eigenvalue weighted by atomic mass is 16.2. The van der Waals surface area contributed by atoms with Crippen molar-refractivity contribution >= 4 is 29.2 Å². The summed E-state index contributed by atoms with van der Waals surface area (Å²) in [6.07, 6.45) is 6.28. The molecule has 1 amide bonds. The average molecular weight is 504 g/mol. The Bertz CT molecular complexity index is 1510. The quantitative estimate of drug-likeness (QED) is 0.399. The highest BCUT2D eigenvalue weighted by Gasteiger charge is 2.48. The van der Waals surface area contributed by atoms with Gasteiger partial charge in [-0.15, -0.1) is 0 Å². The van der Waals surface area contributed by atoms with E-state index in [1.165, 1.54) is 12.8 Å². The summed E-state index contributed by atoms with van der Waals surface area (Å²) < 4.78 is 1.98. The number of rotatable bonds is 5. The summed E-state index contributed by atoms with van der Waals surface area (Å²) in [6, 6.07) is 24.7. The van der Waals surface area contributed by atoms with Crippen LogP contribution in [0.5, 0.6) is 0 Å². The van der Waals surface area contributed by atoms with Gasteiger partial charge in [0.15, 0.2) is 5.82 Å². The molecule has 1 fully saturated rings. The first-order chi connectivity index (χ1) is 18.7. The largest absolute Gasteiger partial charge is 0.338 e. The van der Waals surface area contributed by atoms with E-state index in [2.05, 4.69) is 39.5 Å². The third-order valence-corrected chi connectivity index (χ3v) is 7.78. The Morgan fingerprint density at radius 3 is 2.53 bits per heavy atom. The number of aliphatic imine (C=N–C) groups is 1. The van der Waals surface area contributed by atoms with Crippen LogP contribution in [0.1, 0.15) is 41.6 Å². The molecular weight excluding hydrogens is 474 g/mol. The number of anilines is 3. The number of amides is 1. The number of hydrogen-bond donors (Lipinski definition) is 1. The molecule has 1 aliphatic carbocycles. The summed E-state index contributed by atoms with van der Waals surface area (Å²) in [5.41, 5.74) is 4.61. The molecule has 1 saturated carbocycles. The molecule has 2 atom stereocenters. The maximum atomic E-state index is 13.8. The van der Waals surface area contributed by atoms with Crippen LogP contribution in [0.15, 0.2) is 84.0 Å². The molecule has 3 aliphatic rings. The first kappa shape index (κ1) is 22.7. The maximum absolute atomic E-state index is 13.8. The molecule has 1 N–H and O–H groups in total. The van der Waals surface area contributed by atoms with E-state index >= 15 is 0 Å². The molecule has 8 heteroatoms. The van der Waals surface area contributed by atoms with Crippen LogP contribution in [0.2, 0.25) is 0 Å². The van der Waals surface area contributed by atoms with E-state index in [0.29, 0.717) is 17.9 Å². The van der Waals surface area contributed by atoms with Crippen LogP contribution in [0.4, 0.5) is 17.3 Å². The third-order valence-electron chi connectivity index (χ3n) is 7.78. The van der Waals surface area contributed by atoms with Gasteiger partial charge in [0.05, 0.1) is 24.3 Å². The SMILES string of the molecule is CN1C(=O)c2c(Nc3ccccc3)nn(Cc3ccc(-c4ccccn4)cc3)c2N2C1=N[C@@H]1CCCC[C@@H]12. The number of nitrogens with zero attached hydrogens (tertiary/aromatic N) is 6. The smallest absolute Gasteiger partial charge is 0.267 e. The van der Waals surface area contributed by atoms with Gasteiger partial charge in [-0.2, -0.15) is 5.10 Å². The van der Waals surface area contributed by atoms with Crippen LogP contribution in [-0.4, -0.2) is 50.7 Å². The summed E-state index contributed by atoms with van der Waals surface area (Å²) in [5, 5.41) is 8.41. The van der Waals surface area contributed by atoms with Crippen LogP contribution in [0, 0.1) is 0 Å². The van der Waals surface area contributed by atoms with Gasteiger partial charge < -0.3 is 5.32 Å². The van der Waals surface area contributed by atoms with Crippen molar-refractivity contribution in [2.75, 3.05) is 17.3 Å². The van der Waals surface area contributed by atoms with Crippen LogP contribution in [-0.2, 0) is 6.54 Å². The predicted octanol–water partition coefficient (Wildman–Crippen LogP) is 5.31. The van der Waals surface area contributed by atoms with Gasteiger partial charge in [0.25, 0.3) is 5.91 Å². The Balaban J connectivity index is 1.31. The minimum absolute atomic E-state index is 0.0798. The van der Waals surface area contributed by atoms with Crippen molar-refractivity contribution in [3.63, 3.8) is 0 Å². The summed E-state index contributed by atoms with van der Waals surface area (Å²) in [5.74, 6) is 2.08. The Morgan fingerprint density at radius 1 is 0.947 bits per heavy atom. The predicted molar refractivity (Wildman–Crippen MR) is 149 cm³/mol. The van der Waals surface area contributed by atoms with Crippen LogP contribution in [0.3, 0.4) is 0 Å². The standard InChI is InChI=1S/C30H29N7O/c1-35-29(38)26-27(32-22-9-3-2-4-10-22)34-36(28(26)37-25-13-6-5-12-24(25)33-30(35)37)19-20-14-16-21(17-15-20)23-11-7-8-18-31-23/h2-4,7-11,14-18,24-25H,5-6,12-13,19H2,1H3,(H,32,34)/t24-,25+/m1/s1. The summed E-state index contributed by atoms with van der Waals surface area (Å²) in [4.78, 5) is 27.2. The van der Waals surface area contributed by atoms with Crippen LogP contribution >= 0.6 is 0 Å². The zero-order valence-electron chi connectivity index (χ0n) is 21.3. The zero-order chi connectivity index (χ0) is 25.6. The minimum Gasteiger partial charge on any atom is -0.338 e. The van der Waals surface area contributed by atoms with E-state index in [4.69, 9.17) is 10.1 Å². The van der Waals surface area contributed by atoms with Crippen molar-refractivity contribution in [1.29, 1.82) is 0 Å². The second-order valence-electron chi connectivity index (χ2n) is 10.2. The van der Waals surface area contributed by atoms with E-state index in [1.807, 2.05) is 66.5 Å². The van der Waals surface area contributed by atoms with E-state index < -0.39 is 0 Å². The molecule has 0 spiro atoms. The van der Waals surface area contributed by atoms with E-state index in [0.717, 1.165) is 47.1 Å². The number of carbonyl (C=O) groups is 1. The normalized spacial score (nSPS) is 20.0. The molecule has 0 radical (unpaired) electrons. The Kier molecular flexibility index (Phi) is 5.46. The average Bonchev–Trinajstić information content (AvgIpc) is 3.51. The summed E-state index contributed by atoms with van der Waals surface area (Å²) in [6.45, 7) is 0.541. The van der Waals surface area contributed by atoms with Crippen molar-refractivity contribution in [1.82, 2.24) is 19.7 Å². The van der Waals surface area contributed by atoms with Gasteiger partial charge in [-0.25, -0.2) is 9.67 Å². The lowest BCUT2D eigenvalue weighted by atomic mass is 9.90. The van der Waals surface area contributed by atoms with Gasteiger partial charge in [0.2, 0.25) is 5.96 Å². The fraction of sp³-hybridized carbons (Fsp3) is 0.267. The molecule has 0 bridgehead atoms. The van der Waals surface area contributed by atoms with Gasteiger partial charge in [0, 0.05) is 24.5 Å². The number of pyridine rings is 1. The molecule has 2 aromatic carbocycles. The van der Waals surface area contributed by atoms with E-state index in [1.54, 1.807) is 4.90 Å². The lowest BCUT2D eigenvalue weighted by molar-refractivity contribution is 0.0865. The Hall–Kier alpha value is -4.46. The van der Waals surface area contributed by atoms with Crippen molar-refractivity contribution in [2.45, 2.75) is 44.3 Å². The minimum atomic E-state index is -0.0798. The molecule has 190 valence electrons. The van der Waals surface area contributed by atoms with Gasteiger partial charge in [-0.05, 0) is 42.7 Å². The van der Waals surface area contributed by atoms with Crippen molar-refractivity contribution in [2.24, 2.45) is 4.99 Å². The van der Waals surface area contributed by atoms with E-state index in [9.17, 15) is 4.79 Å². The Labute approximate surface area is 221 Å². The first-order valence-electron chi connectivity index (χ1n) is 13.3. The molecule has 4 aromatic rings. The number of guanidine groups is 1. The first-order valence-corrected chi connectivity index (χ1v) is 13.3. The second kappa shape index (κ2) is 9.13.